The number of hydrogen-bond acceptors (Lipinski definition) is 6. The van der Waals surface area contributed by atoms with E-state index in [1.165, 1.54) is 18.7 Å². The zero-order valence-electron chi connectivity index (χ0n) is 9.91. The molecule has 0 saturated carbocycles. The molecule has 2 heterocycles. The molecule has 0 aliphatic carbocycles. The molecule has 2 rings (SSSR count). The van der Waals surface area contributed by atoms with Gasteiger partial charge < -0.3 is 15.0 Å². The van der Waals surface area contributed by atoms with Gasteiger partial charge in [0.2, 0.25) is 5.91 Å². The van der Waals surface area contributed by atoms with E-state index in [0.29, 0.717) is 0 Å². The number of rotatable bonds is 2. The van der Waals surface area contributed by atoms with Gasteiger partial charge in [-0.15, -0.1) is 11.8 Å². The predicted molar refractivity (Wildman–Crippen MR) is 55.9 cm³/mol. The van der Waals surface area contributed by atoms with E-state index in [1.807, 2.05) is 0 Å². The molecular formula is C10H9N2NaO4S. The molecule has 0 spiro atoms. The second-order valence-corrected chi connectivity index (χ2v) is 5.01. The zero-order chi connectivity index (χ0) is 12.7. The number of aliphatic carboxylic acids is 1. The third kappa shape index (κ3) is 2.19. The molecule has 0 unspecified atom stereocenters. The number of amides is 1. The minimum atomic E-state index is -1.52. The number of carbonyl (C=O) groups is 2. The Hall–Kier alpha value is -0.520. The van der Waals surface area contributed by atoms with Crippen molar-refractivity contribution in [2.24, 2.45) is 5.92 Å². The van der Waals surface area contributed by atoms with Gasteiger partial charge in [-0.2, -0.15) is 5.26 Å². The number of thioether (sulfide) groups is 1. The molecule has 1 fully saturated rings. The molecule has 90 valence electrons. The van der Waals surface area contributed by atoms with Crippen LogP contribution >= 0.6 is 11.8 Å². The van der Waals surface area contributed by atoms with Crippen LogP contribution in [-0.4, -0.2) is 39.1 Å². The SMILES string of the molecule is C[C@@H](O)[C@H]1C(=O)N2C(C(=O)[O-])=C(C#N)CS[C@H]12.[Na+]. The number of aliphatic hydroxyl groups excluding tert-OH is 1. The van der Waals surface area contributed by atoms with Gasteiger partial charge in [-0.3, -0.25) is 9.69 Å². The van der Waals surface area contributed by atoms with E-state index < -0.39 is 29.3 Å². The van der Waals surface area contributed by atoms with E-state index in [0.717, 1.165) is 4.90 Å². The summed E-state index contributed by atoms with van der Waals surface area (Å²) >= 11 is 1.28. The van der Waals surface area contributed by atoms with Gasteiger partial charge in [-0.1, -0.05) is 0 Å². The van der Waals surface area contributed by atoms with E-state index in [2.05, 4.69) is 0 Å². The van der Waals surface area contributed by atoms with Gasteiger partial charge in [-0.25, -0.2) is 0 Å². The summed E-state index contributed by atoms with van der Waals surface area (Å²) in [6.07, 6.45) is -0.831. The Kier molecular flexibility index (Phi) is 4.86. The van der Waals surface area contributed by atoms with Crippen LogP contribution in [0.25, 0.3) is 0 Å². The third-order valence-electron chi connectivity index (χ3n) is 2.86. The molecule has 3 atom stereocenters. The van der Waals surface area contributed by atoms with Crippen molar-refractivity contribution in [2.45, 2.75) is 18.4 Å². The Labute approximate surface area is 130 Å². The van der Waals surface area contributed by atoms with Crippen LogP contribution in [0.5, 0.6) is 0 Å². The van der Waals surface area contributed by atoms with Gasteiger partial charge in [0.1, 0.15) is 0 Å². The fourth-order valence-electron chi connectivity index (χ4n) is 2.04. The first-order valence-electron chi connectivity index (χ1n) is 4.96. The standard InChI is InChI=1S/C10H10N2O4S.Na/c1-4(13)6-8(14)12-7(10(15)16)5(2-11)3-17-9(6)12;/h4,6,9,13H,3H2,1H3,(H,15,16);/q;+1/p-1/t4-,6+,9-;/m1./s1. The summed E-state index contributed by atoms with van der Waals surface area (Å²) in [5, 5.41) is 28.8. The minimum Gasteiger partial charge on any atom is -0.543 e. The smallest absolute Gasteiger partial charge is 0.543 e. The molecule has 0 radical (unpaired) electrons. The Morgan fingerprint density at radius 1 is 1.72 bits per heavy atom. The average molecular weight is 276 g/mol. The summed E-state index contributed by atoms with van der Waals surface area (Å²) in [6, 6.07) is 1.77. The number of carbonyl (C=O) groups excluding carboxylic acids is 2. The summed E-state index contributed by atoms with van der Waals surface area (Å²) in [7, 11) is 0. The summed E-state index contributed by atoms with van der Waals surface area (Å²) < 4.78 is 0. The average Bonchev–Trinajstić information content (AvgIpc) is 2.26. The molecule has 18 heavy (non-hydrogen) atoms. The van der Waals surface area contributed by atoms with Crippen LogP contribution < -0.4 is 34.7 Å². The summed E-state index contributed by atoms with van der Waals surface area (Å²) in [5.74, 6) is -2.37. The van der Waals surface area contributed by atoms with Gasteiger partial charge in [0.05, 0.1) is 40.7 Å². The van der Waals surface area contributed by atoms with Gasteiger partial charge in [0.15, 0.2) is 0 Å². The van der Waals surface area contributed by atoms with Crippen molar-refractivity contribution in [3.05, 3.63) is 11.3 Å². The first-order chi connectivity index (χ1) is 7.99. The molecule has 2 aliphatic heterocycles. The Balaban J connectivity index is 0.00000162. The van der Waals surface area contributed by atoms with Crippen molar-refractivity contribution in [1.29, 1.82) is 5.26 Å². The van der Waals surface area contributed by atoms with Crippen LogP contribution in [0.15, 0.2) is 11.3 Å². The van der Waals surface area contributed by atoms with Crippen molar-refractivity contribution in [1.82, 2.24) is 4.90 Å². The van der Waals surface area contributed by atoms with Crippen molar-refractivity contribution in [3.8, 4) is 6.07 Å². The maximum absolute atomic E-state index is 11.7. The second kappa shape index (κ2) is 5.63. The summed E-state index contributed by atoms with van der Waals surface area (Å²) in [4.78, 5) is 23.7. The van der Waals surface area contributed by atoms with Gasteiger partial charge in [-0.05, 0) is 6.92 Å². The van der Waals surface area contributed by atoms with Crippen LogP contribution in [0.2, 0.25) is 0 Å². The van der Waals surface area contributed by atoms with E-state index in [9.17, 15) is 19.8 Å². The van der Waals surface area contributed by atoms with Crippen molar-refractivity contribution >= 4 is 23.6 Å². The van der Waals surface area contributed by atoms with Crippen LogP contribution in [0.3, 0.4) is 0 Å². The van der Waals surface area contributed by atoms with E-state index in [-0.39, 0.29) is 46.6 Å². The van der Waals surface area contributed by atoms with Crippen LogP contribution in [-0.2, 0) is 9.59 Å². The Bertz CT molecular complexity index is 471. The molecule has 8 heteroatoms. The predicted octanol–water partition coefficient (Wildman–Crippen LogP) is -4.57. The maximum atomic E-state index is 11.7. The molecule has 2 aliphatic rings. The molecule has 0 aromatic carbocycles. The third-order valence-corrected chi connectivity index (χ3v) is 4.16. The molecule has 1 N–H and O–H groups in total. The van der Waals surface area contributed by atoms with Crippen molar-refractivity contribution in [2.75, 3.05) is 5.75 Å². The number of aliphatic hydroxyl groups is 1. The normalized spacial score (nSPS) is 27.6. The Morgan fingerprint density at radius 3 is 2.78 bits per heavy atom. The maximum Gasteiger partial charge on any atom is 1.00 e. The first kappa shape index (κ1) is 15.5. The fraction of sp³-hybridized carbons (Fsp3) is 0.500. The minimum absolute atomic E-state index is 0. The van der Waals surface area contributed by atoms with Gasteiger partial charge in [0, 0.05) is 5.75 Å². The first-order valence-corrected chi connectivity index (χ1v) is 6.01. The van der Waals surface area contributed by atoms with Crippen LogP contribution in [0.1, 0.15) is 6.92 Å². The fourth-order valence-corrected chi connectivity index (χ4v) is 3.48. The number of carboxylic acid groups (broad SMARTS) is 1. The molecular weight excluding hydrogens is 267 g/mol. The number of hydrogen-bond donors (Lipinski definition) is 1. The molecule has 0 aromatic rings. The molecule has 1 saturated heterocycles. The largest absolute Gasteiger partial charge is 1.00 e. The quantitative estimate of drug-likeness (QED) is 0.402. The van der Waals surface area contributed by atoms with Gasteiger partial charge in [0.25, 0.3) is 0 Å². The van der Waals surface area contributed by atoms with E-state index in [1.54, 1.807) is 6.07 Å². The molecule has 1 amide bonds. The number of nitriles is 1. The van der Waals surface area contributed by atoms with Gasteiger partial charge >= 0.3 is 29.6 Å². The summed E-state index contributed by atoms with van der Waals surface area (Å²) in [5.41, 5.74) is -0.318. The Morgan fingerprint density at radius 2 is 2.33 bits per heavy atom. The van der Waals surface area contributed by atoms with Crippen molar-refractivity contribution in [3.63, 3.8) is 0 Å². The monoisotopic (exact) mass is 276 g/mol. The topological polar surface area (TPSA) is 104 Å². The summed E-state index contributed by atoms with van der Waals surface area (Å²) in [6.45, 7) is 1.49. The zero-order valence-corrected chi connectivity index (χ0v) is 12.7. The second-order valence-electron chi connectivity index (χ2n) is 3.90. The molecule has 6 nitrogen and oxygen atoms in total. The van der Waals surface area contributed by atoms with E-state index in [4.69, 9.17) is 5.26 Å². The number of β-lactam (4-membered cyclic amide) rings is 1. The van der Waals surface area contributed by atoms with Crippen LogP contribution in [0.4, 0.5) is 0 Å². The number of fused-ring (bicyclic) bond motifs is 1. The number of nitrogens with zero attached hydrogens (tertiary/aromatic N) is 2. The van der Waals surface area contributed by atoms with Crippen molar-refractivity contribution < 1.29 is 49.4 Å². The number of carboxylic acids is 1. The van der Waals surface area contributed by atoms with Crippen LogP contribution in [0, 0.1) is 17.2 Å². The molecule has 0 aromatic heterocycles. The molecule has 0 bridgehead atoms. The van der Waals surface area contributed by atoms with E-state index >= 15 is 0 Å².